The second-order valence-corrected chi connectivity index (χ2v) is 4.96. The van der Waals surface area contributed by atoms with Crippen molar-refractivity contribution in [2.75, 3.05) is 0 Å². The lowest BCUT2D eigenvalue weighted by molar-refractivity contribution is 1.48. The van der Waals surface area contributed by atoms with E-state index in [0.717, 1.165) is 0 Å². The van der Waals surface area contributed by atoms with Gasteiger partial charge in [0.2, 0.25) is 0 Å². The fraction of sp³-hybridized carbons (Fsp3) is 0.333. The van der Waals surface area contributed by atoms with Crippen LogP contribution in [-0.2, 0) is 0 Å². The lowest BCUT2D eigenvalue weighted by atomic mass is 10.2. The smallest absolute Gasteiger partial charge is 0.0485 e. The molecule has 0 bridgehead atoms. The van der Waals surface area contributed by atoms with Gasteiger partial charge in [0, 0.05) is 14.3 Å². The van der Waals surface area contributed by atoms with E-state index in [1.165, 1.54) is 25.4 Å². The Morgan fingerprint density at radius 3 is 2.45 bits per heavy atom. The fourth-order valence-electron chi connectivity index (χ4n) is 1.21. The van der Waals surface area contributed by atoms with Crippen molar-refractivity contribution in [3.8, 4) is 0 Å². The number of aryl methyl sites for hydroxylation is 3. The molecule has 0 spiro atoms. The Bertz CT molecular complexity index is 393. The average Bonchev–Trinajstić information content (AvgIpc) is 2.43. The highest BCUT2D eigenvalue weighted by atomic mass is 32.1. The fourth-order valence-corrected chi connectivity index (χ4v) is 3.65. The van der Waals surface area contributed by atoms with Crippen molar-refractivity contribution < 1.29 is 0 Å². The minimum atomic E-state index is 1.44. The quantitative estimate of drug-likeness (QED) is 0.580. The monoisotopic (exact) mass is 182 g/mol. The molecule has 0 aliphatic heterocycles. The third-order valence-corrected chi connectivity index (χ3v) is 4.73. The van der Waals surface area contributed by atoms with Crippen LogP contribution < -0.4 is 0 Å². The minimum Gasteiger partial charge on any atom is -0.142 e. The van der Waals surface area contributed by atoms with E-state index in [1.807, 2.05) is 22.7 Å². The van der Waals surface area contributed by atoms with Gasteiger partial charge in [-0.1, -0.05) is 0 Å². The Kier molecular flexibility index (Phi) is 1.55. The molecule has 0 fully saturated rings. The number of rotatable bonds is 0. The normalized spacial score (nSPS) is 11.2. The summed E-state index contributed by atoms with van der Waals surface area (Å²) in [5, 5.41) is 2.24. The molecule has 0 N–H and O–H groups in total. The molecule has 0 aliphatic carbocycles. The van der Waals surface area contributed by atoms with Crippen molar-refractivity contribution in [2.24, 2.45) is 0 Å². The van der Waals surface area contributed by atoms with Crippen LogP contribution in [0.25, 0.3) is 9.40 Å². The van der Waals surface area contributed by atoms with Crippen LogP contribution in [0.2, 0.25) is 0 Å². The Balaban J connectivity index is 2.93. The molecule has 0 atom stereocenters. The van der Waals surface area contributed by atoms with Crippen molar-refractivity contribution in [3.63, 3.8) is 0 Å². The zero-order valence-electron chi connectivity index (χ0n) is 6.89. The average molecular weight is 182 g/mol. The molecule has 0 aliphatic rings. The topological polar surface area (TPSA) is 0 Å². The van der Waals surface area contributed by atoms with E-state index in [-0.39, 0.29) is 0 Å². The van der Waals surface area contributed by atoms with Crippen LogP contribution in [0.3, 0.4) is 0 Å². The van der Waals surface area contributed by atoms with Gasteiger partial charge in [-0.25, -0.2) is 0 Å². The number of hydrogen-bond acceptors (Lipinski definition) is 2. The third-order valence-electron chi connectivity index (χ3n) is 2.04. The van der Waals surface area contributed by atoms with E-state index in [4.69, 9.17) is 0 Å². The summed E-state index contributed by atoms with van der Waals surface area (Å²) in [6, 6.07) is 0. The Morgan fingerprint density at radius 2 is 1.82 bits per heavy atom. The molecule has 0 nitrogen and oxygen atoms in total. The highest BCUT2D eigenvalue weighted by molar-refractivity contribution is 7.27. The van der Waals surface area contributed by atoms with Gasteiger partial charge >= 0.3 is 0 Å². The minimum absolute atomic E-state index is 1.44. The molecule has 0 saturated heterocycles. The second kappa shape index (κ2) is 2.32. The van der Waals surface area contributed by atoms with Gasteiger partial charge < -0.3 is 0 Å². The predicted octanol–water partition coefficient (Wildman–Crippen LogP) is 3.89. The summed E-state index contributed by atoms with van der Waals surface area (Å²) in [5.41, 5.74) is 2.91. The number of hydrogen-bond donors (Lipinski definition) is 0. The molecule has 0 aromatic carbocycles. The summed E-state index contributed by atoms with van der Waals surface area (Å²) in [6.45, 7) is 6.60. The van der Waals surface area contributed by atoms with E-state index in [2.05, 4.69) is 26.2 Å². The molecular weight excluding hydrogens is 172 g/mol. The van der Waals surface area contributed by atoms with Gasteiger partial charge in [0.15, 0.2) is 0 Å². The molecule has 2 aromatic heterocycles. The van der Waals surface area contributed by atoms with Gasteiger partial charge in [-0.05, 0) is 37.3 Å². The molecule has 2 heterocycles. The van der Waals surface area contributed by atoms with E-state index < -0.39 is 0 Å². The van der Waals surface area contributed by atoms with Crippen LogP contribution in [0.15, 0.2) is 5.38 Å². The van der Waals surface area contributed by atoms with Crippen molar-refractivity contribution in [1.29, 1.82) is 0 Å². The molecule has 0 radical (unpaired) electrons. The van der Waals surface area contributed by atoms with Crippen LogP contribution in [0.1, 0.15) is 16.0 Å². The predicted molar refractivity (Wildman–Crippen MR) is 53.9 cm³/mol. The summed E-state index contributed by atoms with van der Waals surface area (Å²) in [7, 11) is 0. The molecule has 0 saturated carbocycles. The molecule has 0 unspecified atom stereocenters. The summed E-state index contributed by atoms with van der Waals surface area (Å²) in [6.07, 6.45) is 0. The first-order valence-corrected chi connectivity index (χ1v) is 5.33. The molecule has 2 aromatic rings. The summed E-state index contributed by atoms with van der Waals surface area (Å²) in [5.74, 6) is 0. The third kappa shape index (κ3) is 0.932. The molecular formula is C9H10S2. The summed E-state index contributed by atoms with van der Waals surface area (Å²) < 4.78 is 2.98. The van der Waals surface area contributed by atoms with Crippen molar-refractivity contribution in [1.82, 2.24) is 0 Å². The van der Waals surface area contributed by atoms with Gasteiger partial charge in [-0.3, -0.25) is 0 Å². The highest BCUT2D eigenvalue weighted by Gasteiger charge is 2.07. The summed E-state index contributed by atoms with van der Waals surface area (Å²) in [4.78, 5) is 1.47. The van der Waals surface area contributed by atoms with Crippen LogP contribution >= 0.6 is 22.7 Å². The molecule has 0 amide bonds. The van der Waals surface area contributed by atoms with E-state index in [1.54, 1.807) is 0 Å². The van der Waals surface area contributed by atoms with Gasteiger partial charge in [-0.15, -0.1) is 22.7 Å². The summed E-state index contributed by atoms with van der Waals surface area (Å²) >= 11 is 3.79. The highest BCUT2D eigenvalue weighted by Crippen LogP contribution is 2.36. The molecule has 58 valence electrons. The van der Waals surface area contributed by atoms with E-state index in [0.29, 0.717) is 0 Å². The SMILES string of the molecule is Cc1sc2c(C)csc2c1C. The van der Waals surface area contributed by atoms with Gasteiger partial charge in [0.25, 0.3) is 0 Å². The second-order valence-electron chi connectivity index (χ2n) is 2.86. The lowest BCUT2D eigenvalue weighted by Gasteiger charge is -1.83. The van der Waals surface area contributed by atoms with Crippen LogP contribution in [0, 0.1) is 20.8 Å². The van der Waals surface area contributed by atoms with Gasteiger partial charge in [-0.2, -0.15) is 0 Å². The Morgan fingerprint density at radius 1 is 1.09 bits per heavy atom. The van der Waals surface area contributed by atoms with Gasteiger partial charge in [0.05, 0.1) is 0 Å². The van der Waals surface area contributed by atoms with Crippen molar-refractivity contribution in [2.45, 2.75) is 20.8 Å². The first kappa shape index (κ1) is 7.32. The van der Waals surface area contributed by atoms with E-state index >= 15 is 0 Å². The maximum atomic E-state index is 2.24. The maximum absolute atomic E-state index is 2.24. The Hall–Kier alpha value is -0.340. The standard InChI is InChI=1S/C9H10S2/c1-5-4-10-9-6(2)7(3)11-8(5)9/h4H,1-3H3. The Labute approximate surface area is 74.5 Å². The van der Waals surface area contributed by atoms with Crippen molar-refractivity contribution >= 4 is 32.1 Å². The van der Waals surface area contributed by atoms with Crippen LogP contribution in [-0.4, -0.2) is 0 Å². The van der Waals surface area contributed by atoms with E-state index in [9.17, 15) is 0 Å². The van der Waals surface area contributed by atoms with Gasteiger partial charge in [0.1, 0.15) is 0 Å². The number of thiophene rings is 2. The zero-order valence-corrected chi connectivity index (χ0v) is 8.53. The van der Waals surface area contributed by atoms with Crippen molar-refractivity contribution in [3.05, 3.63) is 21.4 Å². The lowest BCUT2D eigenvalue weighted by Crippen LogP contribution is -1.63. The first-order chi connectivity index (χ1) is 5.20. The zero-order chi connectivity index (χ0) is 8.01. The van der Waals surface area contributed by atoms with Crippen LogP contribution in [0.5, 0.6) is 0 Å². The largest absolute Gasteiger partial charge is 0.142 e. The maximum Gasteiger partial charge on any atom is 0.0485 e. The molecule has 2 rings (SSSR count). The first-order valence-electron chi connectivity index (χ1n) is 3.64. The molecule has 11 heavy (non-hydrogen) atoms. The molecule has 2 heteroatoms. The number of fused-ring (bicyclic) bond motifs is 1. The van der Waals surface area contributed by atoms with Crippen LogP contribution in [0.4, 0.5) is 0 Å².